The Bertz CT molecular complexity index is 638. The fraction of sp³-hybridized carbons (Fsp3) is 0.357. The van der Waals surface area contributed by atoms with Crippen molar-refractivity contribution in [3.63, 3.8) is 0 Å². The van der Waals surface area contributed by atoms with Crippen LogP contribution < -0.4 is 16.1 Å². The maximum absolute atomic E-state index is 13.0. The van der Waals surface area contributed by atoms with Crippen LogP contribution in [0.4, 0.5) is 14.5 Å². The number of hydrazine groups is 1. The highest BCUT2D eigenvalue weighted by Crippen LogP contribution is 2.12. The van der Waals surface area contributed by atoms with E-state index in [4.69, 9.17) is 0 Å². The van der Waals surface area contributed by atoms with Crippen LogP contribution >= 0.6 is 0 Å². The quantitative estimate of drug-likeness (QED) is 0.718. The predicted octanol–water partition coefficient (Wildman–Crippen LogP) is 0.145. The third-order valence-corrected chi connectivity index (χ3v) is 3.24. The number of nitrogens with zero attached hydrogens (tertiary/aromatic N) is 1. The lowest BCUT2D eigenvalue weighted by Crippen LogP contribution is -2.45. The van der Waals surface area contributed by atoms with Gasteiger partial charge in [-0.15, -0.1) is 0 Å². The smallest absolute Gasteiger partial charge is 0.243 e. The molecule has 23 heavy (non-hydrogen) atoms. The Morgan fingerprint density at radius 3 is 2.65 bits per heavy atom. The van der Waals surface area contributed by atoms with E-state index in [0.29, 0.717) is 6.42 Å². The van der Waals surface area contributed by atoms with Crippen molar-refractivity contribution >= 4 is 23.4 Å². The molecular weight excluding hydrogens is 310 g/mol. The first-order valence-corrected chi connectivity index (χ1v) is 6.93. The maximum atomic E-state index is 13.0. The van der Waals surface area contributed by atoms with Gasteiger partial charge in [-0.05, 0) is 19.1 Å². The van der Waals surface area contributed by atoms with Crippen LogP contribution in [0.2, 0.25) is 0 Å². The van der Waals surface area contributed by atoms with Crippen molar-refractivity contribution in [3.8, 4) is 0 Å². The Balaban J connectivity index is 1.76. The summed E-state index contributed by atoms with van der Waals surface area (Å²) < 4.78 is 25.8. The van der Waals surface area contributed by atoms with Gasteiger partial charge in [0, 0.05) is 24.2 Å². The summed E-state index contributed by atoms with van der Waals surface area (Å²) >= 11 is 0. The van der Waals surface area contributed by atoms with Gasteiger partial charge in [-0.1, -0.05) is 0 Å². The van der Waals surface area contributed by atoms with Gasteiger partial charge in [0.15, 0.2) is 11.6 Å². The number of halogens is 2. The Kier molecular flexibility index (Phi) is 5.22. The molecule has 0 radical (unpaired) electrons. The topological polar surface area (TPSA) is 90.5 Å². The molecule has 124 valence electrons. The SMILES string of the molecule is C[C@@H]1CC(=O)NN1CC(=O)NCC(=O)Nc1ccc(F)c(F)c1. The highest BCUT2D eigenvalue weighted by atomic mass is 19.2. The van der Waals surface area contributed by atoms with E-state index >= 15 is 0 Å². The maximum Gasteiger partial charge on any atom is 0.243 e. The van der Waals surface area contributed by atoms with E-state index in [1.165, 1.54) is 11.1 Å². The summed E-state index contributed by atoms with van der Waals surface area (Å²) in [5, 5.41) is 6.19. The first-order chi connectivity index (χ1) is 10.8. The van der Waals surface area contributed by atoms with Crippen molar-refractivity contribution < 1.29 is 23.2 Å². The molecule has 1 saturated heterocycles. The largest absolute Gasteiger partial charge is 0.346 e. The third-order valence-electron chi connectivity index (χ3n) is 3.24. The first-order valence-electron chi connectivity index (χ1n) is 6.93. The molecule has 2 rings (SSSR count). The molecule has 0 saturated carbocycles. The van der Waals surface area contributed by atoms with Gasteiger partial charge < -0.3 is 10.6 Å². The number of carbonyl (C=O) groups is 3. The number of nitrogens with one attached hydrogen (secondary N) is 3. The highest BCUT2D eigenvalue weighted by molar-refractivity contribution is 5.94. The normalized spacial score (nSPS) is 17.7. The second kappa shape index (κ2) is 7.14. The molecule has 1 fully saturated rings. The number of carbonyl (C=O) groups excluding carboxylic acids is 3. The van der Waals surface area contributed by atoms with Crippen LogP contribution in [-0.4, -0.2) is 41.9 Å². The Morgan fingerprint density at radius 1 is 1.30 bits per heavy atom. The van der Waals surface area contributed by atoms with Gasteiger partial charge in [0.1, 0.15) is 0 Å². The second-order valence-electron chi connectivity index (χ2n) is 5.17. The van der Waals surface area contributed by atoms with Crippen molar-refractivity contribution in [2.45, 2.75) is 19.4 Å². The highest BCUT2D eigenvalue weighted by Gasteiger charge is 2.27. The van der Waals surface area contributed by atoms with E-state index < -0.39 is 23.4 Å². The molecule has 1 aromatic carbocycles. The third kappa shape index (κ3) is 4.71. The van der Waals surface area contributed by atoms with Crippen LogP contribution in [0, 0.1) is 11.6 Å². The Labute approximate surface area is 131 Å². The average Bonchev–Trinajstić information content (AvgIpc) is 2.79. The van der Waals surface area contributed by atoms with E-state index in [2.05, 4.69) is 16.1 Å². The van der Waals surface area contributed by atoms with E-state index in [9.17, 15) is 23.2 Å². The van der Waals surface area contributed by atoms with E-state index in [1.54, 1.807) is 6.92 Å². The molecule has 0 unspecified atom stereocenters. The van der Waals surface area contributed by atoms with Crippen molar-refractivity contribution in [1.29, 1.82) is 0 Å². The van der Waals surface area contributed by atoms with Crippen molar-refractivity contribution in [3.05, 3.63) is 29.8 Å². The van der Waals surface area contributed by atoms with Crippen LogP contribution in [0.5, 0.6) is 0 Å². The van der Waals surface area contributed by atoms with Gasteiger partial charge >= 0.3 is 0 Å². The summed E-state index contributed by atoms with van der Waals surface area (Å²) in [7, 11) is 0. The van der Waals surface area contributed by atoms with E-state index in [-0.39, 0.29) is 30.7 Å². The molecule has 0 bridgehead atoms. The Hall–Kier alpha value is -2.55. The van der Waals surface area contributed by atoms with Crippen molar-refractivity contribution in [2.75, 3.05) is 18.4 Å². The standard InChI is InChI=1S/C14H16F2N4O3/c1-8-4-12(21)19-20(8)7-14(23)17-6-13(22)18-9-2-3-10(15)11(16)5-9/h2-3,5,8H,4,6-7H2,1H3,(H,17,23)(H,18,22)(H,19,21)/t8-/m1/s1. The number of rotatable bonds is 5. The van der Waals surface area contributed by atoms with Crippen LogP contribution in [-0.2, 0) is 14.4 Å². The molecule has 3 N–H and O–H groups in total. The second-order valence-corrected chi connectivity index (χ2v) is 5.17. The van der Waals surface area contributed by atoms with Crippen LogP contribution in [0.3, 0.4) is 0 Å². The lowest BCUT2D eigenvalue weighted by atomic mass is 10.2. The number of hydrogen-bond donors (Lipinski definition) is 3. The Morgan fingerprint density at radius 2 is 2.04 bits per heavy atom. The van der Waals surface area contributed by atoms with E-state index in [0.717, 1.165) is 12.1 Å². The molecule has 1 aliphatic rings. The summed E-state index contributed by atoms with van der Waals surface area (Å²) in [4.78, 5) is 34.5. The number of hydrogen-bond acceptors (Lipinski definition) is 4. The number of amides is 3. The zero-order chi connectivity index (χ0) is 17.0. The summed E-state index contributed by atoms with van der Waals surface area (Å²) in [5.41, 5.74) is 2.62. The fourth-order valence-electron chi connectivity index (χ4n) is 2.06. The summed E-state index contributed by atoms with van der Waals surface area (Å²) in [6, 6.07) is 2.83. The molecule has 1 aliphatic heterocycles. The molecule has 1 atom stereocenters. The van der Waals surface area contributed by atoms with Gasteiger partial charge in [-0.2, -0.15) is 0 Å². The first kappa shape index (κ1) is 16.8. The molecule has 1 aromatic rings. The minimum Gasteiger partial charge on any atom is -0.346 e. The lowest BCUT2D eigenvalue weighted by Gasteiger charge is -2.19. The van der Waals surface area contributed by atoms with Crippen LogP contribution in [0.25, 0.3) is 0 Å². The summed E-state index contributed by atoms with van der Waals surface area (Å²) in [5.74, 6) is -3.28. The monoisotopic (exact) mass is 326 g/mol. The minimum atomic E-state index is -1.08. The molecule has 9 heteroatoms. The molecule has 0 spiro atoms. The number of benzene rings is 1. The molecular formula is C14H16F2N4O3. The summed E-state index contributed by atoms with van der Waals surface area (Å²) in [6.07, 6.45) is 0.309. The van der Waals surface area contributed by atoms with Crippen LogP contribution in [0.1, 0.15) is 13.3 Å². The minimum absolute atomic E-state index is 0.0780. The van der Waals surface area contributed by atoms with Gasteiger partial charge in [0.2, 0.25) is 17.7 Å². The number of anilines is 1. The predicted molar refractivity (Wildman–Crippen MR) is 76.9 cm³/mol. The van der Waals surface area contributed by atoms with Gasteiger partial charge in [0.25, 0.3) is 0 Å². The zero-order valence-electron chi connectivity index (χ0n) is 12.4. The van der Waals surface area contributed by atoms with Crippen LogP contribution in [0.15, 0.2) is 18.2 Å². The summed E-state index contributed by atoms with van der Waals surface area (Å²) in [6.45, 7) is 1.39. The molecule has 7 nitrogen and oxygen atoms in total. The van der Waals surface area contributed by atoms with Gasteiger partial charge in [-0.25, -0.2) is 13.8 Å². The van der Waals surface area contributed by atoms with Crippen molar-refractivity contribution in [2.24, 2.45) is 0 Å². The molecule has 0 aromatic heterocycles. The fourth-order valence-corrected chi connectivity index (χ4v) is 2.06. The van der Waals surface area contributed by atoms with Crippen molar-refractivity contribution in [1.82, 2.24) is 15.8 Å². The molecule has 0 aliphatic carbocycles. The molecule has 1 heterocycles. The van der Waals surface area contributed by atoms with Gasteiger partial charge in [-0.3, -0.25) is 19.8 Å². The zero-order valence-corrected chi connectivity index (χ0v) is 12.4. The molecule has 3 amide bonds. The van der Waals surface area contributed by atoms with E-state index in [1.807, 2.05) is 0 Å². The lowest BCUT2D eigenvalue weighted by molar-refractivity contribution is -0.126. The average molecular weight is 326 g/mol. The van der Waals surface area contributed by atoms with Gasteiger partial charge in [0.05, 0.1) is 13.1 Å².